The van der Waals surface area contributed by atoms with E-state index in [0.717, 1.165) is 0 Å². The summed E-state index contributed by atoms with van der Waals surface area (Å²) in [6.45, 7) is 0. The molecule has 13 rings (SSSR count). The van der Waals surface area contributed by atoms with Gasteiger partial charge in [0.1, 0.15) is 22.4 Å². The molecule has 13 aliphatic rings. The first-order valence-corrected chi connectivity index (χ1v) is 13.4. The lowest BCUT2D eigenvalue weighted by molar-refractivity contribution is -0.243. The van der Waals surface area contributed by atoms with E-state index in [1.807, 2.05) is 0 Å². The first kappa shape index (κ1) is 19.2. The van der Waals surface area contributed by atoms with Gasteiger partial charge < -0.3 is 24.1 Å². The Morgan fingerprint density at radius 3 is 1.81 bits per heavy atom. The molecule has 0 aromatic heterocycles. The Labute approximate surface area is 206 Å². The number of aliphatic hydroxyl groups is 1. The molecule has 0 amide bonds. The second kappa shape index (κ2) is 4.14. The van der Waals surface area contributed by atoms with E-state index in [4.69, 9.17) is 18.9 Å². The van der Waals surface area contributed by atoms with Crippen molar-refractivity contribution in [3.05, 3.63) is 0 Å². The number of carbonyl (C=O) groups is 3. The van der Waals surface area contributed by atoms with E-state index >= 15 is 0 Å². The monoisotopic (exact) mass is 518 g/mol. The van der Waals surface area contributed by atoms with Crippen molar-refractivity contribution in [1.82, 2.24) is 0 Å². The highest BCUT2D eigenvalue weighted by Gasteiger charge is 3.21. The molecule has 194 valence electrons. The number of halogens is 3. The van der Waals surface area contributed by atoms with Crippen LogP contribution < -0.4 is 0 Å². The molecule has 0 aromatic carbocycles. The van der Waals surface area contributed by atoms with E-state index in [0.29, 0.717) is 0 Å². The van der Waals surface area contributed by atoms with Crippen LogP contribution in [0.3, 0.4) is 0 Å². The van der Waals surface area contributed by atoms with Gasteiger partial charge in [-0.3, -0.25) is 9.59 Å². The molecular weight excluding hydrogens is 497 g/mol. The van der Waals surface area contributed by atoms with Crippen molar-refractivity contribution in [2.24, 2.45) is 93.7 Å². The molecule has 2 spiro atoms. The number of carbonyl (C=O) groups excluding carboxylic acids is 3. The number of rotatable bonds is 3. The molecule has 12 saturated carbocycles. The molecule has 1 N–H and O–H groups in total. The van der Waals surface area contributed by atoms with Crippen molar-refractivity contribution in [1.29, 1.82) is 0 Å². The Morgan fingerprint density at radius 1 is 0.730 bits per heavy atom. The molecule has 0 aromatic rings. The van der Waals surface area contributed by atoms with Crippen LogP contribution in [-0.4, -0.2) is 65.8 Å². The minimum atomic E-state index is -5.25. The summed E-state index contributed by atoms with van der Waals surface area (Å²) in [5, 5.41) is 13.0. The zero-order valence-electron chi connectivity index (χ0n) is 19.5. The van der Waals surface area contributed by atoms with Gasteiger partial charge in [-0.05, 0) is 53.3 Å². The Kier molecular flexibility index (Phi) is 2.15. The van der Waals surface area contributed by atoms with Crippen LogP contribution >= 0.6 is 0 Å². The summed E-state index contributed by atoms with van der Waals surface area (Å²) < 4.78 is 65.0. The zero-order chi connectivity index (χ0) is 25.1. The highest BCUT2D eigenvalue weighted by Crippen LogP contribution is 3.12. The van der Waals surface area contributed by atoms with Crippen LogP contribution in [0.25, 0.3) is 0 Å². The number of esters is 3. The summed E-state index contributed by atoms with van der Waals surface area (Å²) in [7, 11) is 2.64. The molecule has 1 aliphatic heterocycles. The normalized spacial score (nSPS) is 76.7. The predicted molar refractivity (Wildman–Crippen MR) is 104 cm³/mol. The molecule has 0 radical (unpaired) electrons. The molecule has 0 bridgehead atoms. The Bertz CT molecular complexity index is 1450. The lowest BCUT2D eigenvalue weighted by atomic mass is 9.63. The van der Waals surface area contributed by atoms with Crippen LogP contribution in [0.4, 0.5) is 13.2 Å². The van der Waals surface area contributed by atoms with Gasteiger partial charge in [0.25, 0.3) is 0 Å². The third-order valence-electron chi connectivity index (χ3n) is 15.8. The Balaban J connectivity index is 1.26. The lowest BCUT2D eigenvalue weighted by Crippen LogP contribution is -2.61. The average molecular weight is 518 g/mol. The first-order valence-electron chi connectivity index (χ1n) is 13.4. The predicted octanol–water partition coefficient (Wildman–Crippen LogP) is 0.165. The summed E-state index contributed by atoms with van der Waals surface area (Å²) in [5.41, 5.74) is -6.99. The number of epoxide rings is 1. The first-order chi connectivity index (χ1) is 17.5. The quantitative estimate of drug-likeness (QED) is 0.320. The molecule has 8 nitrogen and oxygen atoms in total. The van der Waals surface area contributed by atoms with E-state index in [1.54, 1.807) is 0 Å². The topological polar surface area (TPSA) is 112 Å². The SMILES string of the molecule is COC(=O)C12C3C4C5C6C3C37OC38C6C3C5C5(OC(=O)C(F)(F)F)C6C(C(C17)C8C36C(=O)OC)C2C45O. The standard InChI is InChI=1S/C26H21F3O8/c1-34-17(30)20-11-7-3-4-9(11)24-15(20)6-5-13(20)22(7,33)23(36-19(32)26(27,28)29)8(3)12-10(4)25(24,37-24)16(6)21(12,14(5)23)18(31)35-2/h3-16,33H,1-2H3. The molecule has 20 atom stereocenters. The molecule has 13 fully saturated rings. The van der Waals surface area contributed by atoms with Gasteiger partial charge in [-0.15, -0.1) is 0 Å². The van der Waals surface area contributed by atoms with Gasteiger partial charge in [-0.25, -0.2) is 4.79 Å². The van der Waals surface area contributed by atoms with E-state index in [2.05, 4.69) is 0 Å². The highest BCUT2D eigenvalue weighted by atomic mass is 19.4. The van der Waals surface area contributed by atoms with Gasteiger partial charge in [0.05, 0.1) is 25.0 Å². The number of hydrogen-bond donors (Lipinski definition) is 1. The number of methoxy groups -OCH3 is 2. The zero-order valence-corrected chi connectivity index (χ0v) is 19.5. The van der Waals surface area contributed by atoms with Crippen molar-refractivity contribution in [3.63, 3.8) is 0 Å². The minimum Gasteiger partial charge on any atom is -0.469 e. The van der Waals surface area contributed by atoms with Gasteiger partial charge >= 0.3 is 24.1 Å². The third kappa shape index (κ3) is 1.01. The lowest BCUT2D eigenvalue weighted by Gasteiger charge is -2.44. The van der Waals surface area contributed by atoms with Crippen molar-refractivity contribution in [2.45, 2.75) is 28.6 Å². The smallest absolute Gasteiger partial charge is 0.469 e. The second-order valence-corrected chi connectivity index (χ2v) is 14.4. The van der Waals surface area contributed by atoms with E-state index in [1.165, 1.54) is 14.2 Å². The van der Waals surface area contributed by atoms with E-state index in [-0.39, 0.29) is 53.3 Å². The number of hydrogen-bond acceptors (Lipinski definition) is 8. The number of alkyl halides is 3. The maximum Gasteiger partial charge on any atom is 0.490 e. The van der Waals surface area contributed by atoms with Crippen LogP contribution in [-0.2, 0) is 33.3 Å². The van der Waals surface area contributed by atoms with Crippen LogP contribution in [0.5, 0.6) is 0 Å². The second-order valence-electron chi connectivity index (χ2n) is 14.4. The van der Waals surface area contributed by atoms with E-state index < -0.39 is 86.9 Å². The summed E-state index contributed by atoms with van der Waals surface area (Å²) in [4.78, 5) is 40.7. The molecule has 11 heteroatoms. The molecule has 12 aliphatic carbocycles. The van der Waals surface area contributed by atoms with Crippen LogP contribution in [0.1, 0.15) is 0 Å². The molecule has 20 unspecified atom stereocenters. The molecule has 1 saturated heterocycles. The van der Waals surface area contributed by atoms with Gasteiger partial charge in [0.15, 0.2) is 0 Å². The van der Waals surface area contributed by atoms with Gasteiger partial charge in [-0.1, -0.05) is 0 Å². The number of ether oxygens (including phenoxy) is 4. The van der Waals surface area contributed by atoms with Gasteiger partial charge in [0, 0.05) is 29.6 Å². The van der Waals surface area contributed by atoms with Crippen molar-refractivity contribution in [3.8, 4) is 0 Å². The average Bonchev–Trinajstić information content (AvgIpc) is 3.57. The van der Waals surface area contributed by atoms with Crippen LogP contribution in [0.15, 0.2) is 0 Å². The highest BCUT2D eigenvalue weighted by molar-refractivity contribution is 5.91. The molecule has 37 heavy (non-hydrogen) atoms. The summed E-state index contributed by atoms with van der Waals surface area (Å²) >= 11 is 0. The van der Waals surface area contributed by atoms with Crippen LogP contribution in [0, 0.1) is 93.7 Å². The van der Waals surface area contributed by atoms with Gasteiger partial charge in [0.2, 0.25) is 0 Å². The Morgan fingerprint density at radius 2 is 1.24 bits per heavy atom. The summed E-state index contributed by atoms with van der Waals surface area (Å²) in [6, 6.07) is 0. The van der Waals surface area contributed by atoms with Crippen molar-refractivity contribution < 1.29 is 51.6 Å². The minimum absolute atomic E-state index is 0.0238. The maximum atomic E-state index is 14.0. The third-order valence-corrected chi connectivity index (χ3v) is 15.8. The maximum absolute atomic E-state index is 14.0. The fourth-order valence-electron chi connectivity index (χ4n) is 17.5. The van der Waals surface area contributed by atoms with Gasteiger partial charge in [-0.2, -0.15) is 13.2 Å². The molecular formula is C26H21F3O8. The van der Waals surface area contributed by atoms with Crippen molar-refractivity contribution >= 4 is 17.9 Å². The largest absolute Gasteiger partial charge is 0.490 e. The summed E-state index contributed by atoms with van der Waals surface area (Å²) in [5.74, 6) is -7.65. The van der Waals surface area contributed by atoms with Crippen LogP contribution in [0.2, 0.25) is 0 Å². The Hall–Kier alpha value is -1.88. The fraction of sp³-hybridized carbons (Fsp3) is 0.885. The summed E-state index contributed by atoms with van der Waals surface area (Å²) in [6.07, 6.45) is -5.25. The fourth-order valence-corrected chi connectivity index (χ4v) is 17.5. The van der Waals surface area contributed by atoms with E-state index in [9.17, 15) is 32.7 Å². The molecule has 1 heterocycles. The van der Waals surface area contributed by atoms with Crippen molar-refractivity contribution in [2.75, 3.05) is 14.2 Å².